The molecule has 0 aliphatic rings. The molecule has 0 bridgehead atoms. The van der Waals surface area contributed by atoms with Gasteiger partial charge in [0.25, 0.3) is 5.91 Å². The Morgan fingerprint density at radius 2 is 1.97 bits per heavy atom. The fraction of sp³-hybridized carbons (Fsp3) is 0.200. The number of rotatable bonds is 10. The van der Waals surface area contributed by atoms with E-state index in [1.54, 1.807) is 23.9 Å². The molecule has 0 saturated carbocycles. The fourth-order valence-corrected chi connectivity index (χ4v) is 5.02. The van der Waals surface area contributed by atoms with Gasteiger partial charge in [0.2, 0.25) is 0 Å². The number of aromatic hydroxyl groups is 1. The molecule has 10 heteroatoms. The largest absolute Gasteiger partial charge is 0.504 e. The van der Waals surface area contributed by atoms with Crippen molar-refractivity contribution in [2.45, 2.75) is 21.4 Å². The summed E-state index contributed by atoms with van der Waals surface area (Å²) in [4.78, 5) is 12.0. The molecule has 7 nitrogen and oxygen atoms in total. The van der Waals surface area contributed by atoms with Crippen molar-refractivity contribution >= 4 is 47.0 Å². The van der Waals surface area contributed by atoms with E-state index in [0.717, 1.165) is 14.4 Å². The van der Waals surface area contributed by atoms with Crippen LogP contribution in [0.5, 0.6) is 11.5 Å². The van der Waals surface area contributed by atoms with Crippen LogP contribution in [0.15, 0.2) is 62.3 Å². The summed E-state index contributed by atoms with van der Waals surface area (Å²) in [6, 6.07) is 15.0. The van der Waals surface area contributed by atoms with Crippen molar-refractivity contribution in [3.63, 3.8) is 0 Å². The average Bonchev–Trinajstić information content (AvgIpc) is 3.22. The van der Waals surface area contributed by atoms with Crippen molar-refractivity contribution in [1.29, 1.82) is 0 Å². The number of carbonyl (C=O) groups is 1. The molecule has 2 N–H and O–H groups in total. The summed E-state index contributed by atoms with van der Waals surface area (Å²) in [6.07, 6.45) is 1.49. The first-order valence-electron chi connectivity index (χ1n) is 9.05. The van der Waals surface area contributed by atoms with Crippen LogP contribution in [0.4, 0.5) is 0 Å². The predicted octanol–water partition coefficient (Wildman–Crippen LogP) is 4.18. The summed E-state index contributed by atoms with van der Waals surface area (Å²) in [5.41, 5.74) is 4.41. The highest BCUT2D eigenvalue weighted by Crippen LogP contribution is 2.30. The number of phenolic OH excluding ortho intramolecular Hbond substituents is 1. The van der Waals surface area contributed by atoms with Crippen LogP contribution in [-0.2, 0) is 10.5 Å². The third kappa shape index (κ3) is 7.05. The number of benzene rings is 2. The Balaban J connectivity index is 1.42. The third-order valence-electron chi connectivity index (χ3n) is 3.61. The van der Waals surface area contributed by atoms with Crippen LogP contribution < -0.4 is 10.2 Å². The van der Waals surface area contributed by atoms with Gasteiger partial charge in [-0.2, -0.15) is 5.10 Å². The second kappa shape index (κ2) is 11.6. The lowest BCUT2D eigenvalue weighted by molar-refractivity contribution is -0.118. The van der Waals surface area contributed by atoms with Crippen LogP contribution in [0.1, 0.15) is 18.1 Å². The van der Waals surface area contributed by atoms with Crippen LogP contribution in [-0.4, -0.2) is 39.8 Å². The first kappa shape index (κ1) is 22.1. The van der Waals surface area contributed by atoms with Gasteiger partial charge in [0.05, 0.1) is 18.6 Å². The van der Waals surface area contributed by atoms with Gasteiger partial charge in [0.1, 0.15) is 0 Å². The molecule has 0 unspecified atom stereocenters. The van der Waals surface area contributed by atoms with Crippen molar-refractivity contribution in [1.82, 2.24) is 15.6 Å². The number of carbonyl (C=O) groups excluding carboxylic acids is 1. The zero-order chi connectivity index (χ0) is 21.2. The van der Waals surface area contributed by atoms with Crippen LogP contribution in [0.3, 0.4) is 0 Å². The average molecular weight is 461 g/mol. The molecule has 30 heavy (non-hydrogen) atoms. The second-order valence-electron chi connectivity index (χ2n) is 5.85. The molecule has 0 aliphatic heterocycles. The van der Waals surface area contributed by atoms with E-state index in [-0.39, 0.29) is 17.4 Å². The second-order valence-corrected chi connectivity index (χ2v) is 9.27. The highest BCUT2D eigenvalue weighted by molar-refractivity contribution is 8.03. The molecule has 2 aromatic carbocycles. The Bertz CT molecular complexity index is 996. The van der Waals surface area contributed by atoms with Gasteiger partial charge in [-0.25, -0.2) is 5.43 Å². The van der Waals surface area contributed by atoms with E-state index < -0.39 is 0 Å². The molecule has 156 valence electrons. The molecule has 0 aliphatic carbocycles. The van der Waals surface area contributed by atoms with E-state index >= 15 is 0 Å². The van der Waals surface area contributed by atoms with Crippen molar-refractivity contribution < 1.29 is 14.6 Å². The highest BCUT2D eigenvalue weighted by Gasteiger charge is 2.09. The lowest BCUT2D eigenvalue weighted by atomic mass is 10.2. The number of phenols is 1. The Morgan fingerprint density at radius 1 is 1.20 bits per heavy atom. The van der Waals surface area contributed by atoms with E-state index in [2.05, 4.69) is 32.9 Å². The molecule has 1 heterocycles. The lowest BCUT2D eigenvalue weighted by Gasteiger charge is -2.05. The van der Waals surface area contributed by atoms with Crippen molar-refractivity contribution in [2.75, 3.05) is 12.4 Å². The van der Waals surface area contributed by atoms with Gasteiger partial charge in [0, 0.05) is 5.75 Å². The number of nitrogens with one attached hydrogen (secondary N) is 1. The van der Waals surface area contributed by atoms with Crippen LogP contribution in [0, 0.1) is 0 Å². The van der Waals surface area contributed by atoms with Crippen molar-refractivity contribution in [3.8, 4) is 11.5 Å². The molecule has 3 aromatic rings. The molecular formula is C20H20N4O3S3. The molecule has 0 radical (unpaired) electrons. The van der Waals surface area contributed by atoms with Crippen molar-refractivity contribution in [3.05, 3.63) is 59.7 Å². The summed E-state index contributed by atoms with van der Waals surface area (Å²) in [6.45, 7) is 2.28. The summed E-state index contributed by atoms with van der Waals surface area (Å²) in [7, 11) is 0. The van der Waals surface area contributed by atoms with Crippen LogP contribution >= 0.6 is 34.9 Å². The molecule has 0 saturated heterocycles. The normalized spacial score (nSPS) is 11.0. The summed E-state index contributed by atoms with van der Waals surface area (Å²) >= 11 is 4.42. The number of ether oxygens (including phenoxy) is 1. The smallest absolute Gasteiger partial charge is 0.250 e. The van der Waals surface area contributed by atoms with Crippen molar-refractivity contribution in [2.24, 2.45) is 5.10 Å². The first-order chi connectivity index (χ1) is 14.6. The Labute approximate surface area is 187 Å². The predicted molar refractivity (Wildman–Crippen MR) is 122 cm³/mol. The SMILES string of the molecule is CCOc1cc(C=NNC(=O)CSc2nnc(SCc3ccccc3)s2)ccc1O. The van der Waals surface area contributed by atoms with E-state index in [0.29, 0.717) is 17.9 Å². The van der Waals surface area contributed by atoms with E-state index in [9.17, 15) is 9.90 Å². The maximum Gasteiger partial charge on any atom is 0.250 e. The fourth-order valence-electron chi connectivity index (χ4n) is 2.25. The molecule has 3 rings (SSSR count). The first-order valence-corrected chi connectivity index (χ1v) is 11.8. The molecule has 0 fully saturated rings. The van der Waals surface area contributed by atoms with Gasteiger partial charge >= 0.3 is 0 Å². The maximum absolute atomic E-state index is 12.0. The minimum absolute atomic E-state index is 0.0628. The molecular weight excluding hydrogens is 440 g/mol. The van der Waals surface area contributed by atoms with Crippen LogP contribution in [0.2, 0.25) is 0 Å². The van der Waals surface area contributed by atoms with Crippen LogP contribution in [0.25, 0.3) is 0 Å². The number of hydrazone groups is 1. The molecule has 0 spiro atoms. The quantitative estimate of drug-likeness (QED) is 0.266. The number of aromatic nitrogens is 2. The Kier molecular flexibility index (Phi) is 8.54. The van der Waals surface area contributed by atoms with Gasteiger partial charge in [-0.3, -0.25) is 4.79 Å². The molecule has 1 aromatic heterocycles. The summed E-state index contributed by atoms with van der Waals surface area (Å²) < 4.78 is 6.93. The number of thioether (sulfide) groups is 2. The monoisotopic (exact) mass is 460 g/mol. The highest BCUT2D eigenvalue weighted by atomic mass is 32.2. The van der Waals surface area contributed by atoms with E-state index in [4.69, 9.17) is 4.74 Å². The Morgan fingerprint density at radius 3 is 2.73 bits per heavy atom. The number of nitrogens with zero attached hydrogens (tertiary/aromatic N) is 3. The van der Waals surface area contributed by atoms with Gasteiger partial charge in [-0.05, 0) is 36.2 Å². The van der Waals surface area contributed by atoms with Gasteiger partial charge in [-0.15, -0.1) is 10.2 Å². The standard InChI is InChI=1S/C20H20N4O3S3/c1-2-27-17-10-15(8-9-16(17)25)11-21-22-18(26)13-29-20-24-23-19(30-20)28-12-14-6-4-3-5-7-14/h3-11,25H,2,12-13H2,1H3,(H,22,26). The van der Waals surface area contributed by atoms with Gasteiger partial charge < -0.3 is 9.84 Å². The lowest BCUT2D eigenvalue weighted by Crippen LogP contribution is -2.19. The summed E-state index contributed by atoms with van der Waals surface area (Å²) in [5, 5.41) is 21.9. The van der Waals surface area contributed by atoms with E-state index in [1.165, 1.54) is 40.9 Å². The molecule has 0 atom stereocenters. The number of amides is 1. The Hall–Kier alpha value is -2.56. The van der Waals surface area contributed by atoms with E-state index in [1.807, 2.05) is 25.1 Å². The zero-order valence-electron chi connectivity index (χ0n) is 16.1. The third-order valence-corrected chi connectivity index (χ3v) is 6.87. The molecule has 1 amide bonds. The maximum atomic E-state index is 12.0. The minimum atomic E-state index is -0.242. The van der Waals surface area contributed by atoms with Gasteiger partial charge in [0.15, 0.2) is 20.2 Å². The minimum Gasteiger partial charge on any atom is -0.504 e. The topological polar surface area (TPSA) is 96.7 Å². The summed E-state index contributed by atoms with van der Waals surface area (Å²) in [5.74, 6) is 1.22. The zero-order valence-corrected chi connectivity index (χ0v) is 18.6. The van der Waals surface area contributed by atoms with Gasteiger partial charge in [-0.1, -0.05) is 65.2 Å². The number of hydrogen-bond donors (Lipinski definition) is 2. The number of hydrogen-bond acceptors (Lipinski definition) is 9.